The molecule has 0 radical (unpaired) electrons. The molecule has 1 heterocycles. The quantitative estimate of drug-likeness (QED) is 0.410. The molecule has 6 nitrogen and oxygen atoms in total. The Balaban J connectivity index is 1.78. The Morgan fingerprint density at radius 2 is 1.79 bits per heavy atom. The third kappa shape index (κ3) is 5.04. The van der Waals surface area contributed by atoms with Gasteiger partial charge in [-0.1, -0.05) is 5.57 Å². The van der Waals surface area contributed by atoms with Gasteiger partial charge in [0, 0.05) is 6.07 Å². The summed E-state index contributed by atoms with van der Waals surface area (Å²) < 4.78 is 21.8. The molecule has 2 aromatic carbocycles. The highest BCUT2D eigenvalue weighted by Gasteiger charge is 2.11. The molecule has 0 fully saturated rings. The summed E-state index contributed by atoms with van der Waals surface area (Å²) in [6, 6.07) is 11.4. The molecule has 0 saturated heterocycles. The van der Waals surface area contributed by atoms with Crippen LogP contribution in [0, 0.1) is 0 Å². The number of benzene rings is 2. The average Bonchev–Trinajstić information content (AvgIpc) is 2.70. The Morgan fingerprint density at radius 1 is 1.07 bits per heavy atom. The van der Waals surface area contributed by atoms with E-state index in [1.165, 1.54) is 6.26 Å². The number of fused-ring (bicyclic) bond motifs is 1. The van der Waals surface area contributed by atoms with Crippen molar-refractivity contribution in [1.29, 1.82) is 0 Å². The van der Waals surface area contributed by atoms with Crippen LogP contribution in [0.2, 0.25) is 0 Å². The van der Waals surface area contributed by atoms with Crippen molar-refractivity contribution in [3.63, 3.8) is 0 Å². The zero-order chi connectivity index (χ0) is 20.8. The molecule has 3 aromatic rings. The topological polar surface area (TPSA) is 75.0 Å². The summed E-state index contributed by atoms with van der Waals surface area (Å²) in [5.74, 6) is 0.666. The molecule has 0 bridgehead atoms. The van der Waals surface area contributed by atoms with E-state index in [-0.39, 0.29) is 11.2 Å². The van der Waals surface area contributed by atoms with Crippen LogP contribution in [0.5, 0.6) is 17.2 Å². The van der Waals surface area contributed by atoms with Gasteiger partial charge >= 0.3 is 5.97 Å². The Kier molecular flexibility index (Phi) is 6.34. The van der Waals surface area contributed by atoms with Gasteiger partial charge in [0.1, 0.15) is 30.0 Å². The maximum Gasteiger partial charge on any atom is 0.338 e. The molecule has 0 saturated carbocycles. The van der Waals surface area contributed by atoms with Crippen LogP contribution in [0.1, 0.15) is 31.1 Å². The van der Waals surface area contributed by atoms with Gasteiger partial charge in [0.2, 0.25) is 11.2 Å². The van der Waals surface area contributed by atoms with E-state index in [4.69, 9.17) is 18.6 Å². The van der Waals surface area contributed by atoms with E-state index in [1.54, 1.807) is 49.4 Å². The van der Waals surface area contributed by atoms with Crippen molar-refractivity contribution in [1.82, 2.24) is 0 Å². The third-order valence-corrected chi connectivity index (χ3v) is 4.05. The molecular weight excluding hydrogens is 372 g/mol. The highest BCUT2D eigenvalue weighted by molar-refractivity contribution is 5.89. The summed E-state index contributed by atoms with van der Waals surface area (Å²) in [5, 5.41) is 0.389. The van der Waals surface area contributed by atoms with Crippen LogP contribution in [0.15, 0.2) is 69.6 Å². The zero-order valence-corrected chi connectivity index (χ0v) is 16.6. The number of carbonyl (C=O) groups excluding carboxylic acids is 1. The normalized spacial score (nSPS) is 10.4. The van der Waals surface area contributed by atoms with Crippen molar-refractivity contribution in [2.45, 2.75) is 20.8 Å². The minimum absolute atomic E-state index is 0.0552. The number of rotatable bonds is 7. The van der Waals surface area contributed by atoms with Crippen LogP contribution >= 0.6 is 0 Å². The first-order chi connectivity index (χ1) is 14.0. The van der Waals surface area contributed by atoms with Crippen LogP contribution < -0.4 is 14.9 Å². The SMILES string of the molecule is CCOC(=O)c1ccc(Oc2coc3cc(OCC=C(C)C)ccc3c2=O)cc1. The predicted molar refractivity (Wildman–Crippen MR) is 110 cm³/mol. The molecule has 29 heavy (non-hydrogen) atoms. The molecule has 0 aliphatic carbocycles. The van der Waals surface area contributed by atoms with Crippen molar-refractivity contribution < 1.29 is 23.4 Å². The Hall–Kier alpha value is -3.54. The van der Waals surface area contributed by atoms with Crippen LogP contribution in [-0.4, -0.2) is 19.2 Å². The van der Waals surface area contributed by atoms with Gasteiger partial charge in [-0.2, -0.15) is 0 Å². The fourth-order valence-electron chi connectivity index (χ4n) is 2.56. The van der Waals surface area contributed by atoms with Gasteiger partial charge in [-0.25, -0.2) is 4.79 Å². The van der Waals surface area contributed by atoms with E-state index in [0.29, 0.717) is 41.2 Å². The molecule has 0 aliphatic rings. The smallest absolute Gasteiger partial charge is 0.338 e. The second-order valence-electron chi connectivity index (χ2n) is 6.53. The minimum Gasteiger partial charge on any atom is -0.489 e. The van der Waals surface area contributed by atoms with E-state index in [9.17, 15) is 9.59 Å². The molecule has 3 rings (SSSR count). The van der Waals surface area contributed by atoms with Crippen molar-refractivity contribution in [2.24, 2.45) is 0 Å². The second kappa shape index (κ2) is 9.10. The Bertz CT molecular complexity index is 1090. The van der Waals surface area contributed by atoms with Crippen LogP contribution in [0.3, 0.4) is 0 Å². The number of hydrogen-bond acceptors (Lipinski definition) is 6. The lowest BCUT2D eigenvalue weighted by Crippen LogP contribution is -2.06. The molecule has 0 atom stereocenters. The van der Waals surface area contributed by atoms with Crippen LogP contribution in [-0.2, 0) is 4.74 Å². The second-order valence-corrected chi connectivity index (χ2v) is 6.53. The van der Waals surface area contributed by atoms with Gasteiger partial charge in [0.25, 0.3) is 0 Å². The van der Waals surface area contributed by atoms with Gasteiger partial charge in [0.15, 0.2) is 0 Å². The van der Waals surface area contributed by atoms with Crippen molar-refractivity contribution >= 4 is 16.9 Å². The van der Waals surface area contributed by atoms with Crippen LogP contribution in [0.25, 0.3) is 11.0 Å². The highest BCUT2D eigenvalue weighted by Crippen LogP contribution is 2.24. The number of allylic oxidation sites excluding steroid dienone is 1. The fourth-order valence-corrected chi connectivity index (χ4v) is 2.56. The van der Waals surface area contributed by atoms with Gasteiger partial charge in [0.05, 0.1) is 17.6 Å². The summed E-state index contributed by atoms with van der Waals surface area (Å²) in [6.45, 7) is 6.48. The predicted octanol–water partition coefficient (Wildman–Crippen LogP) is 5.11. The molecule has 0 aliphatic heterocycles. The number of carbonyl (C=O) groups is 1. The van der Waals surface area contributed by atoms with E-state index in [1.807, 2.05) is 19.9 Å². The molecular formula is C23H22O6. The van der Waals surface area contributed by atoms with Gasteiger partial charge in [-0.3, -0.25) is 4.79 Å². The van der Waals surface area contributed by atoms with Crippen molar-refractivity contribution in [3.05, 3.63) is 76.2 Å². The highest BCUT2D eigenvalue weighted by atomic mass is 16.5. The Labute approximate surface area is 168 Å². The lowest BCUT2D eigenvalue weighted by atomic mass is 10.2. The van der Waals surface area contributed by atoms with Crippen LogP contribution in [0.4, 0.5) is 0 Å². The van der Waals surface area contributed by atoms with Gasteiger partial charge < -0.3 is 18.6 Å². The maximum atomic E-state index is 12.7. The number of esters is 1. The number of hydrogen-bond donors (Lipinski definition) is 0. The summed E-state index contributed by atoms with van der Waals surface area (Å²) >= 11 is 0. The standard InChI is InChI=1S/C23H22O6/c1-4-26-23(25)16-5-7-17(8-6-16)29-21-14-28-20-13-18(27-12-11-15(2)3)9-10-19(20)22(21)24/h5-11,13-14H,4,12H2,1-3H3. The molecule has 150 valence electrons. The summed E-state index contributed by atoms with van der Waals surface area (Å²) in [6.07, 6.45) is 3.23. The molecule has 0 spiro atoms. The lowest BCUT2D eigenvalue weighted by Gasteiger charge is -2.08. The first kappa shape index (κ1) is 20.2. The third-order valence-electron chi connectivity index (χ3n) is 4.05. The molecule has 0 unspecified atom stereocenters. The zero-order valence-electron chi connectivity index (χ0n) is 16.6. The maximum absolute atomic E-state index is 12.7. The molecule has 1 aromatic heterocycles. The summed E-state index contributed by atoms with van der Waals surface area (Å²) in [4.78, 5) is 24.4. The van der Waals surface area contributed by atoms with E-state index < -0.39 is 5.97 Å². The molecule has 0 amide bonds. The van der Waals surface area contributed by atoms with Gasteiger partial charge in [-0.15, -0.1) is 0 Å². The minimum atomic E-state index is -0.410. The summed E-state index contributed by atoms with van der Waals surface area (Å²) in [5.41, 5.74) is 1.69. The lowest BCUT2D eigenvalue weighted by molar-refractivity contribution is 0.0526. The van der Waals surface area contributed by atoms with E-state index >= 15 is 0 Å². The molecule has 0 N–H and O–H groups in total. The van der Waals surface area contributed by atoms with E-state index in [2.05, 4.69) is 0 Å². The van der Waals surface area contributed by atoms with Crippen molar-refractivity contribution in [2.75, 3.05) is 13.2 Å². The Morgan fingerprint density at radius 3 is 2.48 bits per heavy atom. The molecule has 6 heteroatoms. The first-order valence-electron chi connectivity index (χ1n) is 9.24. The number of ether oxygens (including phenoxy) is 3. The fraction of sp³-hybridized carbons (Fsp3) is 0.217. The first-order valence-corrected chi connectivity index (χ1v) is 9.24. The van der Waals surface area contributed by atoms with E-state index in [0.717, 1.165) is 5.57 Å². The monoisotopic (exact) mass is 394 g/mol. The van der Waals surface area contributed by atoms with Gasteiger partial charge in [-0.05, 0) is 63.2 Å². The average molecular weight is 394 g/mol. The largest absolute Gasteiger partial charge is 0.489 e. The summed E-state index contributed by atoms with van der Waals surface area (Å²) in [7, 11) is 0. The van der Waals surface area contributed by atoms with Crippen molar-refractivity contribution in [3.8, 4) is 17.2 Å².